The van der Waals surface area contributed by atoms with Crippen molar-refractivity contribution < 1.29 is 4.57 Å². The van der Waals surface area contributed by atoms with Gasteiger partial charge in [0.2, 0.25) is 0 Å². The zero-order valence-corrected chi connectivity index (χ0v) is 14.2. The second-order valence-corrected chi connectivity index (χ2v) is 8.19. The van der Waals surface area contributed by atoms with E-state index in [9.17, 15) is 4.57 Å². The second kappa shape index (κ2) is 9.08. The largest absolute Gasteiger partial charge is 0.341 e. The van der Waals surface area contributed by atoms with E-state index in [4.69, 9.17) is 0 Å². The molecule has 1 saturated heterocycles. The molecule has 1 aliphatic rings. The van der Waals surface area contributed by atoms with Crippen LogP contribution in [0.5, 0.6) is 0 Å². The Hall–Kier alpha value is 0.0600. The van der Waals surface area contributed by atoms with Crippen LogP contribution in [0.15, 0.2) is 0 Å². The van der Waals surface area contributed by atoms with Gasteiger partial charge in [0.05, 0.1) is 0 Å². The Labute approximate surface area is 121 Å². The van der Waals surface area contributed by atoms with Gasteiger partial charge in [0.15, 0.2) is 12.3 Å². The number of unbranched alkanes of at least 4 members (excludes halogenated alkanes) is 4. The van der Waals surface area contributed by atoms with Gasteiger partial charge in [0.1, 0.15) is 0 Å². The molecule has 0 aromatic rings. The Balaban J connectivity index is 2.50. The lowest BCUT2D eigenvalue weighted by molar-refractivity contribution is 0.0901. The van der Waals surface area contributed by atoms with Crippen molar-refractivity contribution in [3.63, 3.8) is 0 Å². The van der Waals surface area contributed by atoms with Gasteiger partial charge in [-0.25, -0.2) is 0 Å². The monoisotopic (exact) mass is 286 g/mol. The first kappa shape index (κ1) is 17.1. The summed E-state index contributed by atoms with van der Waals surface area (Å²) in [6, 6.07) is 0. The molecule has 1 fully saturated rings. The molecule has 2 nitrogen and oxygen atoms in total. The van der Waals surface area contributed by atoms with E-state index >= 15 is 0 Å². The SMILES string of the molecule is CCCCCCC(C)(CCCC)N1CC[P+](=O)CC1. The predicted molar refractivity (Wildman–Crippen MR) is 85.6 cm³/mol. The molecule has 0 N–H and O–H groups in total. The van der Waals surface area contributed by atoms with Crippen molar-refractivity contribution in [2.24, 2.45) is 0 Å². The van der Waals surface area contributed by atoms with Crippen molar-refractivity contribution in [2.45, 2.75) is 77.7 Å². The molecule has 3 heteroatoms. The number of hydrogen-bond acceptors (Lipinski definition) is 2. The van der Waals surface area contributed by atoms with Crippen LogP contribution in [-0.4, -0.2) is 35.9 Å². The summed E-state index contributed by atoms with van der Waals surface area (Å²) in [5.74, 6) is 0. The van der Waals surface area contributed by atoms with Crippen LogP contribution in [0, 0.1) is 0 Å². The van der Waals surface area contributed by atoms with E-state index in [1.807, 2.05) is 0 Å². The Morgan fingerprint density at radius 2 is 1.53 bits per heavy atom. The average Bonchev–Trinajstić information content (AvgIpc) is 2.42. The highest BCUT2D eigenvalue weighted by atomic mass is 31.1. The second-order valence-electron chi connectivity index (χ2n) is 6.33. The molecule has 0 bridgehead atoms. The van der Waals surface area contributed by atoms with Crippen LogP contribution in [0.4, 0.5) is 0 Å². The molecule has 0 saturated carbocycles. The molecule has 1 atom stereocenters. The molecule has 1 unspecified atom stereocenters. The van der Waals surface area contributed by atoms with Gasteiger partial charge in [-0.2, -0.15) is 0 Å². The molecule has 1 heterocycles. The lowest BCUT2D eigenvalue weighted by atomic mass is 9.86. The van der Waals surface area contributed by atoms with Crippen LogP contribution in [-0.2, 0) is 4.57 Å². The van der Waals surface area contributed by atoms with Crippen LogP contribution in [0.1, 0.15) is 72.1 Å². The fraction of sp³-hybridized carbons (Fsp3) is 1.00. The molecular weight excluding hydrogens is 253 g/mol. The Morgan fingerprint density at radius 1 is 0.947 bits per heavy atom. The summed E-state index contributed by atoms with van der Waals surface area (Å²) >= 11 is 0. The molecule has 0 aliphatic carbocycles. The number of rotatable bonds is 9. The molecule has 0 aromatic heterocycles. The first-order valence-electron chi connectivity index (χ1n) is 8.29. The minimum Gasteiger partial charge on any atom is -0.290 e. The van der Waals surface area contributed by atoms with Crippen LogP contribution in [0.3, 0.4) is 0 Å². The summed E-state index contributed by atoms with van der Waals surface area (Å²) in [4.78, 5) is 2.64. The predicted octanol–water partition coefficient (Wildman–Crippen LogP) is 5.05. The minimum atomic E-state index is -0.889. The fourth-order valence-corrected chi connectivity index (χ4v) is 4.31. The highest BCUT2D eigenvalue weighted by Gasteiger charge is 2.36. The quantitative estimate of drug-likeness (QED) is 0.437. The van der Waals surface area contributed by atoms with E-state index in [0.29, 0.717) is 5.54 Å². The Morgan fingerprint density at radius 3 is 2.11 bits per heavy atom. The summed E-state index contributed by atoms with van der Waals surface area (Å²) < 4.78 is 11.6. The Bertz CT molecular complexity index is 259. The molecule has 0 aromatic carbocycles. The van der Waals surface area contributed by atoms with Gasteiger partial charge < -0.3 is 0 Å². The maximum Gasteiger partial charge on any atom is 0.341 e. The van der Waals surface area contributed by atoms with Crippen molar-refractivity contribution in [3.8, 4) is 0 Å². The van der Waals surface area contributed by atoms with Crippen molar-refractivity contribution in [3.05, 3.63) is 0 Å². The molecule has 0 amide bonds. The zero-order valence-electron chi connectivity index (χ0n) is 13.3. The third-order valence-corrected chi connectivity index (χ3v) is 6.04. The van der Waals surface area contributed by atoms with Gasteiger partial charge in [-0.3, -0.25) is 4.90 Å². The van der Waals surface area contributed by atoms with Crippen molar-refractivity contribution >= 4 is 7.80 Å². The van der Waals surface area contributed by atoms with Gasteiger partial charge in [-0.1, -0.05) is 56.9 Å². The molecule has 0 radical (unpaired) electrons. The van der Waals surface area contributed by atoms with Gasteiger partial charge >= 0.3 is 7.80 Å². The van der Waals surface area contributed by atoms with Crippen LogP contribution in [0.2, 0.25) is 0 Å². The summed E-state index contributed by atoms with van der Waals surface area (Å²) in [7, 11) is -0.889. The Kier molecular flexibility index (Phi) is 8.18. The lowest BCUT2D eigenvalue weighted by Crippen LogP contribution is -2.50. The maximum atomic E-state index is 11.6. The van der Waals surface area contributed by atoms with Crippen molar-refractivity contribution in [1.29, 1.82) is 0 Å². The van der Waals surface area contributed by atoms with E-state index in [1.165, 1.54) is 51.4 Å². The topological polar surface area (TPSA) is 20.3 Å². The van der Waals surface area contributed by atoms with Gasteiger partial charge in [-0.15, -0.1) is 0 Å². The highest BCUT2D eigenvalue weighted by Crippen LogP contribution is 2.34. The average molecular weight is 286 g/mol. The van der Waals surface area contributed by atoms with Crippen LogP contribution >= 0.6 is 7.80 Å². The molecule has 19 heavy (non-hydrogen) atoms. The molecule has 0 spiro atoms. The lowest BCUT2D eigenvalue weighted by Gasteiger charge is -2.42. The molecule has 1 rings (SSSR count). The number of hydrogen-bond donors (Lipinski definition) is 0. The van der Waals surface area contributed by atoms with E-state index in [1.54, 1.807) is 0 Å². The van der Waals surface area contributed by atoms with Gasteiger partial charge in [0, 0.05) is 18.6 Å². The first-order chi connectivity index (χ1) is 9.12. The summed E-state index contributed by atoms with van der Waals surface area (Å²) in [6.45, 7) is 9.13. The minimum absolute atomic E-state index is 0.361. The standard InChI is InChI=1S/C16H33NOP/c1-4-6-8-9-11-16(3,10-7-5-2)17-12-14-19(18)15-13-17/h4-15H2,1-3H3/q+1. The third kappa shape index (κ3) is 5.92. The van der Waals surface area contributed by atoms with E-state index < -0.39 is 7.80 Å². The fourth-order valence-electron chi connectivity index (χ4n) is 3.16. The van der Waals surface area contributed by atoms with Gasteiger partial charge in [-0.05, 0) is 19.8 Å². The summed E-state index contributed by atoms with van der Waals surface area (Å²) in [6.07, 6.45) is 12.5. The maximum absolute atomic E-state index is 11.6. The van der Waals surface area contributed by atoms with Crippen LogP contribution < -0.4 is 0 Å². The summed E-state index contributed by atoms with van der Waals surface area (Å²) in [5, 5.41) is 0. The zero-order chi connectivity index (χ0) is 14.1. The smallest absolute Gasteiger partial charge is 0.290 e. The van der Waals surface area contributed by atoms with Gasteiger partial charge in [0.25, 0.3) is 0 Å². The highest BCUT2D eigenvalue weighted by molar-refractivity contribution is 7.44. The molecular formula is C16H33NOP+. The van der Waals surface area contributed by atoms with E-state index in [0.717, 1.165) is 25.4 Å². The van der Waals surface area contributed by atoms with E-state index in [2.05, 4.69) is 25.7 Å². The van der Waals surface area contributed by atoms with E-state index in [-0.39, 0.29) is 0 Å². The normalized spacial score (nSPS) is 20.5. The summed E-state index contributed by atoms with van der Waals surface area (Å²) in [5.41, 5.74) is 0.361. The van der Waals surface area contributed by atoms with Crippen molar-refractivity contribution in [1.82, 2.24) is 4.90 Å². The number of nitrogens with zero attached hydrogens (tertiary/aromatic N) is 1. The van der Waals surface area contributed by atoms with Crippen molar-refractivity contribution in [2.75, 3.05) is 25.4 Å². The third-order valence-electron chi connectivity index (χ3n) is 4.64. The van der Waals surface area contributed by atoms with Crippen LogP contribution in [0.25, 0.3) is 0 Å². The first-order valence-corrected chi connectivity index (χ1v) is 9.92. The molecule has 1 aliphatic heterocycles. The molecule has 112 valence electrons.